The molecule has 0 aromatic heterocycles. The number of rotatable bonds is 7. The molecule has 2 amide bonds. The lowest BCUT2D eigenvalue weighted by Crippen LogP contribution is -2.48. The number of phenols is 1. The van der Waals surface area contributed by atoms with Gasteiger partial charge in [-0.05, 0) is 29.8 Å². The van der Waals surface area contributed by atoms with Crippen molar-refractivity contribution < 1.29 is 23.1 Å². The molecule has 1 saturated heterocycles. The van der Waals surface area contributed by atoms with Crippen molar-refractivity contribution in [2.45, 2.75) is 6.04 Å². The first-order valence-electron chi connectivity index (χ1n) is 9.70. The van der Waals surface area contributed by atoms with Gasteiger partial charge in [0.2, 0.25) is 5.91 Å². The lowest BCUT2D eigenvalue weighted by Gasteiger charge is -2.33. The summed E-state index contributed by atoms with van der Waals surface area (Å²) < 4.78 is 23.5. The van der Waals surface area contributed by atoms with Gasteiger partial charge in [0.05, 0.1) is 11.5 Å². The Morgan fingerprint density at radius 2 is 1.53 bits per heavy atom. The van der Waals surface area contributed by atoms with Gasteiger partial charge in [0.15, 0.2) is 9.84 Å². The first kappa shape index (κ1) is 21.8. The molecule has 160 valence electrons. The molecule has 2 aromatic carbocycles. The molecule has 1 fully saturated rings. The topological polar surface area (TPSA) is 116 Å². The van der Waals surface area contributed by atoms with Gasteiger partial charge in [-0.2, -0.15) is 0 Å². The van der Waals surface area contributed by atoms with Gasteiger partial charge in [-0.3, -0.25) is 14.5 Å². The first-order chi connectivity index (χ1) is 14.4. The summed E-state index contributed by atoms with van der Waals surface area (Å²) in [6.07, 6.45) is 0. The van der Waals surface area contributed by atoms with Crippen LogP contribution < -0.4 is 10.6 Å². The predicted molar refractivity (Wildman–Crippen MR) is 113 cm³/mol. The molecule has 0 aliphatic carbocycles. The zero-order chi connectivity index (χ0) is 21.6. The van der Waals surface area contributed by atoms with E-state index in [1.54, 1.807) is 0 Å². The van der Waals surface area contributed by atoms with Crippen LogP contribution in [0.1, 0.15) is 22.0 Å². The molecule has 2 aromatic rings. The number of sulfone groups is 1. The molecule has 1 atom stereocenters. The molecule has 3 rings (SSSR count). The van der Waals surface area contributed by atoms with Crippen LogP contribution in [0.3, 0.4) is 0 Å². The van der Waals surface area contributed by atoms with Crippen LogP contribution in [0.4, 0.5) is 0 Å². The largest absolute Gasteiger partial charge is 0.508 e. The van der Waals surface area contributed by atoms with Crippen molar-refractivity contribution >= 4 is 21.7 Å². The third kappa shape index (κ3) is 5.80. The predicted octanol–water partition coefficient (Wildman–Crippen LogP) is 0.710. The minimum absolute atomic E-state index is 0.0340. The van der Waals surface area contributed by atoms with E-state index < -0.39 is 15.9 Å². The fourth-order valence-corrected chi connectivity index (χ4v) is 4.55. The zero-order valence-electron chi connectivity index (χ0n) is 16.5. The highest BCUT2D eigenvalue weighted by Crippen LogP contribution is 2.23. The van der Waals surface area contributed by atoms with Crippen molar-refractivity contribution in [3.8, 4) is 5.75 Å². The van der Waals surface area contributed by atoms with Crippen molar-refractivity contribution in [3.05, 3.63) is 65.7 Å². The van der Waals surface area contributed by atoms with Crippen molar-refractivity contribution in [3.63, 3.8) is 0 Å². The maximum Gasteiger partial charge on any atom is 0.251 e. The number of nitrogens with zero attached hydrogens (tertiary/aromatic N) is 1. The van der Waals surface area contributed by atoms with E-state index in [1.165, 1.54) is 24.3 Å². The SMILES string of the molecule is O=C(NCCNC(=O)C(c1ccccc1)N1CCS(=O)(=O)CC1)c1ccc(O)cc1. The van der Waals surface area contributed by atoms with E-state index in [0.717, 1.165) is 5.56 Å². The first-order valence-corrected chi connectivity index (χ1v) is 11.5. The van der Waals surface area contributed by atoms with E-state index in [-0.39, 0.29) is 42.2 Å². The quantitative estimate of drug-likeness (QED) is 0.556. The molecule has 30 heavy (non-hydrogen) atoms. The Bertz CT molecular complexity index is 963. The molecule has 1 aliphatic rings. The van der Waals surface area contributed by atoms with E-state index in [1.807, 2.05) is 35.2 Å². The summed E-state index contributed by atoms with van der Waals surface area (Å²) in [6.45, 7) is 1.07. The van der Waals surface area contributed by atoms with Crippen LogP contribution in [0.5, 0.6) is 5.75 Å². The standard InChI is InChI=1S/C21H25N3O5S/c25-18-8-6-17(7-9-18)20(26)22-10-11-23-21(27)19(16-4-2-1-3-5-16)24-12-14-30(28,29)15-13-24/h1-9,19,25H,10-15H2,(H,22,26)(H,23,27). The molecular weight excluding hydrogens is 406 g/mol. The van der Waals surface area contributed by atoms with E-state index in [9.17, 15) is 23.1 Å². The molecule has 3 N–H and O–H groups in total. The number of hydrogen-bond acceptors (Lipinski definition) is 6. The Kier molecular flexibility index (Phi) is 7.07. The van der Waals surface area contributed by atoms with Crippen molar-refractivity contribution in [2.24, 2.45) is 0 Å². The summed E-state index contributed by atoms with van der Waals surface area (Å²) in [5, 5.41) is 14.8. The number of hydrogen-bond donors (Lipinski definition) is 3. The zero-order valence-corrected chi connectivity index (χ0v) is 17.3. The number of benzene rings is 2. The number of aromatic hydroxyl groups is 1. The summed E-state index contributed by atoms with van der Waals surface area (Å²) in [5.41, 5.74) is 1.21. The molecule has 0 spiro atoms. The Hall–Kier alpha value is -2.91. The Labute approximate surface area is 175 Å². The third-order valence-corrected chi connectivity index (χ3v) is 6.56. The monoisotopic (exact) mass is 431 g/mol. The summed E-state index contributed by atoms with van der Waals surface area (Å²) >= 11 is 0. The summed E-state index contributed by atoms with van der Waals surface area (Å²) in [6, 6.07) is 14.5. The molecular formula is C21H25N3O5S. The number of nitrogens with one attached hydrogen (secondary N) is 2. The molecule has 9 heteroatoms. The minimum Gasteiger partial charge on any atom is -0.508 e. The van der Waals surface area contributed by atoms with Crippen LogP contribution in [0.15, 0.2) is 54.6 Å². The van der Waals surface area contributed by atoms with Crippen LogP contribution >= 0.6 is 0 Å². The Morgan fingerprint density at radius 1 is 0.933 bits per heavy atom. The van der Waals surface area contributed by atoms with Gasteiger partial charge in [0.25, 0.3) is 5.91 Å². The van der Waals surface area contributed by atoms with Gasteiger partial charge in [-0.25, -0.2) is 8.42 Å². The highest BCUT2D eigenvalue weighted by atomic mass is 32.2. The number of carbonyl (C=O) groups excluding carboxylic acids is 2. The summed E-state index contributed by atoms with van der Waals surface area (Å²) in [5.74, 6) is -0.390. The third-order valence-electron chi connectivity index (χ3n) is 4.95. The van der Waals surface area contributed by atoms with E-state index >= 15 is 0 Å². The minimum atomic E-state index is -3.05. The van der Waals surface area contributed by atoms with Crippen LogP contribution in [0.2, 0.25) is 0 Å². The second-order valence-electron chi connectivity index (χ2n) is 7.09. The Morgan fingerprint density at radius 3 is 2.17 bits per heavy atom. The van der Waals surface area contributed by atoms with E-state index in [0.29, 0.717) is 18.7 Å². The highest BCUT2D eigenvalue weighted by Gasteiger charge is 2.32. The lowest BCUT2D eigenvalue weighted by atomic mass is 10.0. The molecule has 0 saturated carbocycles. The normalized spacial score (nSPS) is 17.1. The lowest BCUT2D eigenvalue weighted by molar-refractivity contribution is -0.126. The summed E-state index contributed by atoms with van der Waals surface area (Å²) in [4.78, 5) is 26.9. The molecule has 0 bridgehead atoms. The van der Waals surface area contributed by atoms with Crippen LogP contribution in [0, 0.1) is 0 Å². The maximum atomic E-state index is 12.9. The fraction of sp³-hybridized carbons (Fsp3) is 0.333. The van der Waals surface area contributed by atoms with Crippen LogP contribution in [-0.2, 0) is 14.6 Å². The van der Waals surface area contributed by atoms with Gasteiger partial charge < -0.3 is 15.7 Å². The fourth-order valence-electron chi connectivity index (χ4n) is 3.32. The summed E-state index contributed by atoms with van der Waals surface area (Å²) in [7, 11) is -3.05. The molecule has 0 radical (unpaired) electrons. The van der Waals surface area contributed by atoms with E-state index in [4.69, 9.17) is 0 Å². The molecule has 8 nitrogen and oxygen atoms in total. The van der Waals surface area contributed by atoms with Gasteiger partial charge >= 0.3 is 0 Å². The van der Waals surface area contributed by atoms with Gasteiger partial charge in [-0.1, -0.05) is 30.3 Å². The molecule has 1 unspecified atom stereocenters. The van der Waals surface area contributed by atoms with Gasteiger partial charge in [0, 0.05) is 31.7 Å². The smallest absolute Gasteiger partial charge is 0.251 e. The highest BCUT2D eigenvalue weighted by molar-refractivity contribution is 7.91. The number of amides is 2. The maximum absolute atomic E-state index is 12.9. The van der Waals surface area contributed by atoms with Crippen molar-refractivity contribution in [1.29, 1.82) is 0 Å². The second kappa shape index (κ2) is 9.73. The number of carbonyl (C=O) groups is 2. The van der Waals surface area contributed by atoms with Gasteiger partial charge in [0.1, 0.15) is 11.8 Å². The molecule has 1 aliphatic heterocycles. The van der Waals surface area contributed by atoms with Crippen molar-refractivity contribution in [1.82, 2.24) is 15.5 Å². The molecule has 1 heterocycles. The average molecular weight is 432 g/mol. The van der Waals surface area contributed by atoms with Crippen molar-refractivity contribution in [2.75, 3.05) is 37.7 Å². The van der Waals surface area contributed by atoms with E-state index in [2.05, 4.69) is 10.6 Å². The van der Waals surface area contributed by atoms with Crippen LogP contribution in [0.25, 0.3) is 0 Å². The van der Waals surface area contributed by atoms with Gasteiger partial charge in [-0.15, -0.1) is 0 Å². The average Bonchev–Trinajstić information content (AvgIpc) is 2.74. The Balaban J connectivity index is 1.57. The van der Waals surface area contributed by atoms with Crippen LogP contribution in [-0.4, -0.2) is 67.9 Å². The number of phenolic OH excluding ortho intramolecular Hbond substituents is 1. The second-order valence-corrected chi connectivity index (χ2v) is 9.40.